The van der Waals surface area contributed by atoms with Gasteiger partial charge >= 0.3 is 0 Å². The second kappa shape index (κ2) is 7.89. The monoisotopic (exact) mass is 404 g/mol. The van der Waals surface area contributed by atoms with Gasteiger partial charge in [0, 0.05) is 11.7 Å². The fourth-order valence-electron chi connectivity index (χ4n) is 4.24. The number of aryl methyl sites for hydroxylation is 2. The first-order valence-corrected chi connectivity index (χ1v) is 10.6. The lowest BCUT2D eigenvalue weighted by Gasteiger charge is -2.30. The summed E-state index contributed by atoms with van der Waals surface area (Å²) in [5, 5.41) is 7.19. The molecule has 1 aromatic carbocycles. The molecule has 1 saturated carbocycles. The molecule has 1 fully saturated rings. The van der Waals surface area contributed by atoms with Crippen molar-refractivity contribution in [2.24, 2.45) is 0 Å². The van der Waals surface area contributed by atoms with E-state index in [4.69, 9.17) is 5.73 Å². The van der Waals surface area contributed by atoms with Crippen LogP contribution in [0.2, 0.25) is 0 Å². The van der Waals surface area contributed by atoms with Crippen LogP contribution < -0.4 is 11.3 Å². The van der Waals surface area contributed by atoms with Crippen LogP contribution in [0, 0.1) is 13.8 Å². The number of aromatic nitrogens is 5. The molecular formula is C23H28N6O. The predicted molar refractivity (Wildman–Crippen MR) is 121 cm³/mol. The van der Waals surface area contributed by atoms with E-state index in [-0.39, 0.29) is 11.6 Å². The zero-order valence-corrected chi connectivity index (χ0v) is 18.0. The van der Waals surface area contributed by atoms with Crippen LogP contribution in [0.4, 0.5) is 5.82 Å². The Bertz CT molecular complexity index is 1280. The number of hydrogen-bond acceptors (Lipinski definition) is 5. The van der Waals surface area contributed by atoms with Crippen LogP contribution in [0.15, 0.2) is 35.4 Å². The van der Waals surface area contributed by atoms with Gasteiger partial charge in [0.25, 0.3) is 5.56 Å². The van der Waals surface area contributed by atoms with Crippen molar-refractivity contribution in [1.82, 2.24) is 24.3 Å². The molecular weight excluding hydrogens is 376 g/mol. The molecule has 5 rings (SSSR count). The lowest BCUT2D eigenvalue weighted by atomic mass is 9.91. The largest absolute Gasteiger partial charge is 0.383 e. The van der Waals surface area contributed by atoms with E-state index in [0.717, 1.165) is 52.4 Å². The summed E-state index contributed by atoms with van der Waals surface area (Å²) in [5.74, 6) is 0.430. The number of pyridine rings is 1. The fourth-order valence-corrected chi connectivity index (χ4v) is 4.24. The SMILES string of the molecule is CC.Cc1nn(Cc2cc3cccc(C)c3c(=O)n2C2CCC2)c2ncnc(N)c12. The zero-order chi connectivity index (χ0) is 21.4. The quantitative estimate of drug-likeness (QED) is 0.554. The highest BCUT2D eigenvalue weighted by Crippen LogP contribution is 2.33. The molecule has 0 radical (unpaired) electrons. The van der Waals surface area contributed by atoms with Crippen LogP contribution in [0.5, 0.6) is 0 Å². The van der Waals surface area contributed by atoms with Crippen molar-refractivity contribution in [3.05, 3.63) is 57.9 Å². The molecule has 4 aromatic rings. The van der Waals surface area contributed by atoms with Crippen LogP contribution in [0.3, 0.4) is 0 Å². The van der Waals surface area contributed by atoms with Gasteiger partial charge in [0.05, 0.1) is 23.0 Å². The van der Waals surface area contributed by atoms with Crippen molar-refractivity contribution in [3.8, 4) is 0 Å². The molecule has 1 aliphatic rings. The summed E-state index contributed by atoms with van der Waals surface area (Å²) < 4.78 is 3.81. The Morgan fingerprint density at radius 2 is 1.90 bits per heavy atom. The second-order valence-electron chi connectivity index (χ2n) is 7.64. The lowest BCUT2D eigenvalue weighted by Crippen LogP contribution is -2.32. The van der Waals surface area contributed by atoms with Gasteiger partial charge in [-0.05, 0) is 50.1 Å². The van der Waals surface area contributed by atoms with Gasteiger partial charge in [0.15, 0.2) is 5.65 Å². The van der Waals surface area contributed by atoms with Crippen molar-refractivity contribution in [2.45, 2.75) is 59.5 Å². The van der Waals surface area contributed by atoms with E-state index < -0.39 is 0 Å². The van der Waals surface area contributed by atoms with Crippen molar-refractivity contribution in [1.29, 1.82) is 0 Å². The van der Waals surface area contributed by atoms with Crippen molar-refractivity contribution < 1.29 is 0 Å². The molecule has 0 atom stereocenters. The topological polar surface area (TPSA) is 91.6 Å². The fraction of sp³-hybridized carbons (Fsp3) is 0.391. The zero-order valence-electron chi connectivity index (χ0n) is 18.0. The van der Waals surface area contributed by atoms with Gasteiger partial charge in [-0.15, -0.1) is 0 Å². The lowest BCUT2D eigenvalue weighted by molar-refractivity contribution is 0.298. The Hall–Kier alpha value is -3.22. The number of nitrogens with two attached hydrogens (primary N) is 1. The summed E-state index contributed by atoms with van der Waals surface area (Å²) in [7, 11) is 0. The standard InChI is InChI=1S/C21H22N6O.C2H6/c1-12-5-3-6-14-9-16(27(15-7-4-8-15)21(28)17(12)14)10-26-20-18(13(2)25-26)19(22)23-11-24-20;1-2/h3,5-6,9,11,15H,4,7-8,10H2,1-2H3,(H2,22,23,24);1-2H3. The predicted octanol–water partition coefficient (Wildman–Crippen LogP) is 4.14. The normalized spacial score (nSPS) is 13.9. The Balaban J connectivity index is 0.00000106. The van der Waals surface area contributed by atoms with Crippen LogP contribution >= 0.6 is 0 Å². The van der Waals surface area contributed by atoms with Crippen LogP contribution in [0.25, 0.3) is 21.8 Å². The third kappa shape index (κ3) is 3.14. The number of fused-ring (bicyclic) bond motifs is 2. The molecule has 0 amide bonds. The number of nitrogens with zero attached hydrogens (tertiary/aromatic N) is 5. The van der Waals surface area contributed by atoms with E-state index in [0.29, 0.717) is 18.0 Å². The maximum Gasteiger partial charge on any atom is 0.259 e. The Kier molecular flexibility index (Phi) is 5.28. The average molecular weight is 405 g/mol. The Labute approximate surface area is 175 Å². The van der Waals surface area contributed by atoms with Gasteiger partial charge in [-0.1, -0.05) is 32.0 Å². The van der Waals surface area contributed by atoms with Gasteiger partial charge in [-0.25, -0.2) is 14.6 Å². The molecule has 1 aliphatic carbocycles. The van der Waals surface area contributed by atoms with Crippen molar-refractivity contribution in [3.63, 3.8) is 0 Å². The van der Waals surface area contributed by atoms with Gasteiger partial charge in [0.1, 0.15) is 12.1 Å². The van der Waals surface area contributed by atoms with Crippen LogP contribution in [0.1, 0.15) is 56.1 Å². The smallest absolute Gasteiger partial charge is 0.259 e. The van der Waals surface area contributed by atoms with Crippen molar-refractivity contribution in [2.75, 3.05) is 5.73 Å². The minimum atomic E-state index is 0.0950. The molecule has 0 bridgehead atoms. The average Bonchev–Trinajstić information content (AvgIpc) is 3.01. The molecule has 156 valence electrons. The second-order valence-corrected chi connectivity index (χ2v) is 7.64. The van der Waals surface area contributed by atoms with E-state index in [9.17, 15) is 4.79 Å². The molecule has 3 heterocycles. The molecule has 7 heteroatoms. The van der Waals surface area contributed by atoms with Crippen LogP contribution in [-0.2, 0) is 6.54 Å². The first-order valence-electron chi connectivity index (χ1n) is 10.6. The number of anilines is 1. The minimum absolute atomic E-state index is 0.0950. The number of benzene rings is 1. The summed E-state index contributed by atoms with van der Waals surface area (Å²) >= 11 is 0. The van der Waals surface area contributed by atoms with Gasteiger partial charge in [-0.2, -0.15) is 5.10 Å². The number of hydrogen-bond donors (Lipinski definition) is 1. The molecule has 2 N–H and O–H groups in total. The maximum absolute atomic E-state index is 13.4. The Morgan fingerprint density at radius 1 is 1.13 bits per heavy atom. The molecule has 0 unspecified atom stereocenters. The molecule has 0 spiro atoms. The third-order valence-corrected chi connectivity index (χ3v) is 5.85. The highest BCUT2D eigenvalue weighted by Gasteiger charge is 2.25. The molecule has 0 aliphatic heterocycles. The van der Waals surface area contributed by atoms with Gasteiger partial charge in [0.2, 0.25) is 0 Å². The van der Waals surface area contributed by atoms with Gasteiger partial charge in [-0.3, -0.25) is 4.79 Å². The first kappa shape index (κ1) is 20.1. The Morgan fingerprint density at radius 3 is 2.60 bits per heavy atom. The first-order chi connectivity index (χ1) is 14.5. The van der Waals surface area contributed by atoms with E-state index in [2.05, 4.69) is 21.1 Å². The highest BCUT2D eigenvalue weighted by molar-refractivity contribution is 5.88. The van der Waals surface area contributed by atoms with E-state index in [1.807, 2.05) is 55.1 Å². The van der Waals surface area contributed by atoms with Crippen molar-refractivity contribution >= 4 is 27.6 Å². The summed E-state index contributed by atoms with van der Waals surface area (Å²) in [6, 6.07) is 8.38. The van der Waals surface area contributed by atoms with Crippen LogP contribution in [-0.4, -0.2) is 24.3 Å². The number of rotatable bonds is 3. The van der Waals surface area contributed by atoms with E-state index in [1.165, 1.54) is 6.33 Å². The minimum Gasteiger partial charge on any atom is -0.383 e. The maximum atomic E-state index is 13.4. The van der Waals surface area contributed by atoms with E-state index >= 15 is 0 Å². The number of nitrogen functional groups attached to an aromatic ring is 1. The molecule has 3 aromatic heterocycles. The molecule has 7 nitrogen and oxygen atoms in total. The molecule has 30 heavy (non-hydrogen) atoms. The molecule has 0 saturated heterocycles. The van der Waals surface area contributed by atoms with Gasteiger partial charge < -0.3 is 10.3 Å². The summed E-state index contributed by atoms with van der Waals surface area (Å²) in [6.07, 6.45) is 4.70. The highest BCUT2D eigenvalue weighted by atomic mass is 16.1. The third-order valence-electron chi connectivity index (χ3n) is 5.85. The summed E-state index contributed by atoms with van der Waals surface area (Å²) in [6.45, 7) is 8.37. The summed E-state index contributed by atoms with van der Waals surface area (Å²) in [4.78, 5) is 21.9. The van der Waals surface area contributed by atoms with E-state index in [1.54, 1.807) is 0 Å². The summed E-state index contributed by atoms with van der Waals surface area (Å²) in [5.41, 5.74) is 9.58.